The molecule has 0 bridgehead atoms. The molecule has 0 fully saturated rings. The van der Waals surface area contributed by atoms with Crippen molar-refractivity contribution >= 4 is 0 Å². The van der Waals surface area contributed by atoms with Crippen LogP contribution in [0, 0.1) is 0 Å². The van der Waals surface area contributed by atoms with E-state index >= 15 is 0 Å². The van der Waals surface area contributed by atoms with E-state index in [9.17, 15) is 13.2 Å². The van der Waals surface area contributed by atoms with Crippen molar-refractivity contribution in [3.63, 3.8) is 0 Å². The molecule has 0 saturated heterocycles. The van der Waals surface area contributed by atoms with Crippen molar-refractivity contribution in [2.75, 3.05) is 0 Å². The van der Waals surface area contributed by atoms with E-state index in [4.69, 9.17) is 10.2 Å². The van der Waals surface area contributed by atoms with Gasteiger partial charge in [-0.05, 0) is 35.7 Å². The van der Waals surface area contributed by atoms with Crippen molar-refractivity contribution in [2.45, 2.75) is 18.6 Å². The van der Waals surface area contributed by atoms with Gasteiger partial charge in [-0.15, -0.1) is 0 Å². The molecule has 0 aliphatic heterocycles. The number of benzene rings is 1. The van der Waals surface area contributed by atoms with E-state index in [2.05, 4.69) is 0 Å². The molecule has 1 aromatic carbocycles. The second-order valence-corrected chi connectivity index (χ2v) is 4.07. The topological polar surface area (TPSA) is 39.2 Å². The number of rotatable bonds is 3. The Morgan fingerprint density at radius 3 is 2.61 bits per heavy atom. The van der Waals surface area contributed by atoms with E-state index in [1.54, 1.807) is 12.1 Å². The molecule has 96 valence electrons. The predicted molar refractivity (Wildman–Crippen MR) is 60.8 cm³/mol. The van der Waals surface area contributed by atoms with Crippen molar-refractivity contribution in [3.05, 3.63) is 59.5 Å². The van der Waals surface area contributed by atoms with Crippen molar-refractivity contribution in [3.8, 4) is 0 Å². The third-order valence-corrected chi connectivity index (χ3v) is 2.68. The minimum Gasteiger partial charge on any atom is -0.472 e. The van der Waals surface area contributed by atoms with Crippen molar-refractivity contribution in [1.82, 2.24) is 0 Å². The Morgan fingerprint density at radius 1 is 1.22 bits per heavy atom. The highest BCUT2D eigenvalue weighted by Crippen LogP contribution is 2.30. The van der Waals surface area contributed by atoms with Gasteiger partial charge in [0.15, 0.2) is 0 Å². The number of halogens is 3. The van der Waals surface area contributed by atoms with Crippen molar-refractivity contribution < 1.29 is 17.6 Å². The van der Waals surface area contributed by atoms with Gasteiger partial charge in [-0.2, -0.15) is 13.2 Å². The Balaban J connectivity index is 2.18. The Kier molecular flexibility index (Phi) is 3.43. The molecule has 18 heavy (non-hydrogen) atoms. The molecule has 0 spiro atoms. The van der Waals surface area contributed by atoms with Crippen molar-refractivity contribution in [2.24, 2.45) is 5.73 Å². The summed E-state index contributed by atoms with van der Waals surface area (Å²) in [5.74, 6) is 0. The monoisotopic (exact) mass is 255 g/mol. The average molecular weight is 255 g/mol. The lowest BCUT2D eigenvalue weighted by Gasteiger charge is -2.13. The summed E-state index contributed by atoms with van der Waals surface area (Å²) in [6.45, 7) is 0. The molecule has 2 rings (SSSR count). The number of nitrogens with two attached hydrogens (primary N) is 1. The van der Waals surface area contributed by atoms with Gasteiger partial charge in [-0.25, -0.2) is 0 Å². The van der Waals surface area contributed by atoms with Gasteiger partial charge in [-0.3, -0.25) is 0 Å². The first-order chi connectivity index (χ1) is 8.47. The van der Waals surface area contributed by atoms with Gasteiger partial charge < -0.3 is 10.2 Å². The number of furan rings is 1. The Labute approximate surface area is 102 Å². The molecule has 1 atom stereocenters. The molecular weight excluding hydrogens is 243 g/mol. The molecule has 0 aliphatic rings. The smallest absolute Gasteiger partial charge is 0.416 e. The number of hydrogen-bond acceptors (Lipinski definition) is 2. The quantitative estimate of drug-likeness (QED) is 0.911. The summed E-state index contributed by atoms with van der Waals surface area (Å²) in [7, 11) is 0. The van der Waals surface area contributed by atoms with Crippen LogP contribution < -0.4 is 5.73 Å². The molecule has 2 aromatic rings. The fraction of sp³-hybridized carbons (Fsp3) is 0.231. The highest BCUT2D eigenvalue weighted by atomic mass is 19.4. The van der Waals surface area contributed by atoms with E-state index in [1.165, 1.54) is 18.6 Å². The van der Waals surface area contributed by atoms with Crippen LogP contribution in [0.5, 0.6) is 0 Å². The maximum atomic E-state index is 12.6. The molecule has 1 aromatic heterocycles. The van der Waals surface area contributed by atoms with Crippen LogP contribution in [0.2, 0.25) is 0 Å². The molecule has 1 heterocycles. The number of hydrogen-bond donors (Lipinski definition) is 1. The average Bonchev–Trinajstić information content (AvgIpc) is 2.81. The SMILES string of the molecule is NC(Cc1ccoc1)c1cccc(C(F)(F)F)c1. The summed E-state index contributed by atoms with van der Waals surface area (Å²) in [4.78, 5) is 0. The van der Waals surface area contributed by atoms with Crippen LogP contribution in [0.1, 0.15) is 22.7 Å². The van der Waals surface area contributed by atoms with E-state index in [0.717, 1.165) is 17.7 Å². The first-order valence-electron chi connectivity index (χ1n) is 5.40. The molecule has 1 unspecified atom stereocenters. The molecule has 0 radical (unpaired) electrons. The maximum absolute atomic E-state index is 12.6. The van der Waals surface area contributed by atoms with Crippen LogP contribution in [-0.4, -0.2) is 0 Å². The zero-order valence-electron chi connectivity index (χ0n) is 9.45. The molecule has 0 saturated carbocycles. The maximum Gasteiger partial charge on any atom is 0.416 e. The summed E-state index contributed by atoms with van der Waals surface area (Å²) in [6.07, 6.45) is -0.856. The van der Waals surface area contributed by atoms with Crippen LogP contribution in [0.3, 0.4) is 0 Å². The highest BCUT2D eigenvalue weighted by Gasteiger charge is 2.30. The predicted octanol–water partition coefficient (Wildman–Crippen LogP) is 3.54. The summed E-state index contributed by atoms with van der Waals surface area (Å²) in [5, 5.41) is 0. The zero-order chi connectivity index (χ0) is 13.2. The van der Waals surface area contributed by atoms with Gasteiger partial charge in [0.2, 0.25) is 0 Å². The fourth-order valence-electron chi connectivity index (χ4n) is 1.73. The lowest BCUT2D eigenvalue weighted by Crippen LogP contribution is -2.14. The van der Waals surface area contributed by atoms with E-state index < -0.39 is 17.8 Å². The van der Waals surface area contributed by atoms with Gasteiger partial charge >= 0.3 is 6.18 Å². The largest absolute Gasteiger partial charge is 0.472 e. The first kappa shape index (κ1) is 12.7. The lowest BCUT2D eigenvalue weighted by atomic mass is 9.99. The normalized spacial score (nSPS) is 13.6. The standard InChI is InChI=1S/C13H12F3NO/c14-13(15,16)11-3-1-2-10(7-11)12(17)6-9-4-5-18-8-9/h1-5,7-8,12H,6,17H2. The molecular formula is C13H12F3NO. The molecule has 0 amide bonds. The third-order valence-electron chi connectivity index (χ3n) is 2.68. The van der Waals surface area contributed by atoms with E-state index in [1.807, 2.05) is 0 Å². The lowest BCUT2D eigenvalue weighted by molar-refractivity contribution is -0.137. The number of alkyl halides is 3. The fourth-order valence-corrected chi connectivity index (χ4v) is 1.73. The van der Waals surface area contributed by atoms with Crippen molar-refractivity contribution in [1.29, 1.82) is 0 Å². The molecule has 5 heteroatoms. The third kappa shape index (κ3) is 2.92. The van der Waals surface area contributed by atoms with Crippen LogP contribution in [0.4, 0.5) is 13.2 Å². The summed E-state index contributed by atoms with van der Waals surface area (Å²) in [5.41, 5.74) is 6.54. The molecule has 0 aliphatic carbocycles. The van der Waals surface area contributed by atoms with Crippen LogP contribution >= 0.6 is 0 Å². The van der Waals surface area contributed by atoms with Crippen LogP contribution in [0.25, 0.3) is 0 Å². The second-order valence-electron chi connectivity index (χ2n) is 4.07. The van der Waals surface area contributed by atoms with Gasteiger partial charge in [-0.1, -0.05) is 12.1 Å². The second kappa shape index (κ2) is 4.86. The molecule has 2 N–H and O–H groups in total. The highest BCUT2D eigenvalue weighted by molar-refractivity contribution is 5.29. The minimum absolute atomic E-state index is 0.442. The Hall–Kier alpha value is -1.75. The molecule has 2 nitrogen and oxygen atoms in total. The van der Waals surface area contributed by atoms with E-state index in [0.29, 0.717) is 12.0 Å². The Bertz CT molecular complexity index is 505. The zero-order valence-corrected chi connectivity index (χ0v) is 9.45. The van der Waals surface area contributed by atoms with Gasteiger partial charge in [0.25, 0.3) is 0 Å². The van der Waals surface area contributed by atoms with Gasteiger partial charge in [0.1, 0.15) is 0 Å². The summed E-state index contributed by atoms with van der Waals surface area (Å²) >= 11 is 0. The van der Waals surface area contributed by atoms with Crippen LogP contribution in [-0.2, 0) is 12.6 Å². The summed E-state index contributed by atoms with van der Waals surface area (Å²) < 4.78 is 42.6. The van der Waals surface area contributed by atoms with Gasteiger partial charge in [0, 0.05) is 6.04 Å². The minimum atomic E-state index is -4.34. The summed E-state index contributed by atoms with van der Waals surface area (Å²) in [6, 6.07) is 6.35. The van der Waals surface area contributed by atoms with E-state index in [-0.39, 0.29) is 0 Å². The Morgan fingerprint density at radius 2 is 2.00 bits per heavy atom. The van der Waals surface area contributed by atoms with Crippen LogP contribution in [0.15, 0.2) is 47.3 Å². The van der Waals surface area contributed by atoms with Gasteiger partial charge in [0.05, 0.1) is 18.1 Å². The first-order valence-corrected chi connectivity index (χ1v) is 5.40.